The van der Waals surface area contributed by atoms with Crippen LogP contribution >= 0.6 is 11.8 Å². The normalized spacial score (nSPS) is 10.9. The molecule has 0 aliphatic heterocycles. The van der Waals surface area contributed by atoms with Crippen molar-refractivity contribution in [3.05, 3.63) is 42.9 Å². The Morgan fingerprint density at radius 3 is 2.94 bits per heavy atom. The molecule has 17 heavy (non-hydrogen) atoms. The van der Waals surface area contributed by atoms with E-state index in [2.05, 4.69) is 15.0 Å². The molecular weight excluding hydrogens is 232 g/mol. The first-order valence-electron chi connectivity index (χ1n) is 5.18. The van der Waals surface area contributed by atoms with Gasteiger partial charge in [0.1, 0.15) is 5.82 Å². The van der Waals surface area contributed by atoms with Gasteiger partial charge in [-0.15, -0.1) is 0 Å². The van der Waals surface area contributed by atoms with Gasteiger partial charge in [-0.25, -0.2) is 9.97 Å². The third-order valence-electron chi connectivity index (χ3n) is 2.51. The molecule has 3 heterocycles. The molecule has 0 aliphatic rings. The van der Waals surface area contributed by atoms with Crippen molar-refractivity contribution in [1.29, 1.82) is 0 Å². The molecule has 4 nitrogen and oxygen atoms in total. The summed E-state index contributed by atoms with van der Waals surface area (Å²) in [5.74, 6) is 0.868. The van der Waals surface area contributed by atoms with E-state index in [1.54, 1.807) is 12.4 Å². The van der Waals surface area contributed by atoms with Crippen LogP contribution < -0.4 is 0 Å². The zero-order valence-corrected chi connectivity index (χ0v) is 10.1. The number of pyridine rings is 1. The molecule has 3 aromatic rings. The molecule has 84 valence electrons. The highest BCUT2D eigenvalue weighted by Gasteiger charge is 2.05. The first-order valence-corrected chi connectivity index (χ1v) is 6.40. The monoisotopic (exact) mass is 242 g/mol. The largest absolute Gasteiger partial charge is 0.299 e. The second-order valence-electron chi connectivity index (χ2n) is 3.50. The lowest BCUT2D eigenvalue weighted by molar-refractivity contribution is 0.907. The number of fused-ring (bicyclic) bond motifs is 1. The van der Waals surface area contributed by atoms with Gasteiger partial charge in [0.15, 0.2) is 5.16 Å². The molecule has 0 atom stereocenters. The van der Waals surface area contributed by atoms with Crippen LogP contribution in [0.4, 0.5) is 0 Å². The molecule has 0 bridgehead atoms. The van der Waals surface area contributed by atoms with E-state index < -0.39 is 0 Å². The van der Waals surface area contributed by atoms with Crippen molar-refractivity contribution < 1.29 is 0 Å². The maximum absolute atomic E-state index is 4.47. The Hall–Kier alpha value is -1.88. The highest BCUT2D eigenvalue weighted by molar-refractivity contribution is 7.98. The molecule has 0 saturated carbocycles. The van der Waals surface area contributed by atoms with Crippen molar-refractivity contribution in [2.75, 3.05) is 6.26 Å². The summed E-state index contributed by atoms with van der Waals surface area (Å²) in [7, 11) is 0. The topological polar surface area (TPSA) is 43.6 Å². The van der Waals surface area contributed by atoms with Gasteiger partial charge in [0.25, 0.3) is 0 Å². The van der Waals surface area contributed by atoms with Gasteiger partial charge in [-0.3, -0.25) is 9.55 Å². The molecule has 0 unspecified atom stereocenters. The van der Waals surface area contributed by atoms with Crippen molar-refractivity contribution in [2.24, 2.45) is 0 Å². The molecule has 0 N–H and O–H groups in total. The molecule has 0 aromatic carbocycles. The molecule has 0 amide bonds. The van der Waals surface area contributed by atoms with E-state index in [0.717, 1.165) is 22.0 Å². The second-order valence-corrected chi connectivity index (χ2v) is 4.27. The Labute approximate surface area is 103 Å². The maximum Gasteiger partial charge on any atom is 0.189 e. The molecule has 0 spiro atoms. The van der Waals surface area contributed by atoms with Crippen LogP contribution in [0.15, 0.2) is 48.0 Å². The van der Waals surface area contributed by atoms with Crippen LogP contribution in [0.1, 0.15) is 0 Å². The highest BCUT2D eigenvalue weighted by atomic mass is 32.2. The SMILES string of the molecule is CSc1nccc(-n2ccc3ncccc32)n1. The second kappa shape index (κ2) is 4.18. The number of hydrogen-bond donors (Lipinski definition) is 0. The smallest absolute Gasteiger partial charge is 0.189 e. The molecule has 0 fully saturated rings. The molecule has 5 heteroatoms. The number of aromatic nitrogens is 4. The molecule has 0 aliphatic carbocycles. The van der Waals surface area contributed by atoms with Crippen molar-refractivity contribution in [1.82, 2.24) is 19.5 Å². The molecular formula is C12H10N4S. The van der Waals surface area contributed by atoms with Crippen LogP contribution in [0.5, 0.6) is 0 Å². The maximum atomic E-state index is 4.47. The van der Waals surface area contributed by atoms with Crippen LogP contribution in [0.2, 0.25) is 0 Å². The molecule has 3 aromatic heterocycles. The Balaban J connectivity index is 2.20. The van der Waals surface area contributed by atoms with Gasteiger partial charge < -0.3 is 0 Å². The lowest BCUT2D eigenvalue weighted by atomic mass is 10.4. The van der Waals surface area contributed by atoms with Crippen LogP contribution in [-0.4, -0.2) is 25.8 Å². The zero-order chi connectivity index (χ0) is 11.7. The quantitative estimate of drug-likeness (QED) is 0.511. The number of rotatable bonds is 2. The fourth-order valence-electron chi connectivity index (χ4n) is 1.73. The number of nitrogens with zero attached hydrogens (tertiary/aromatic N) is 4. The zero-order valence-electron chi connectivity index (χ0n) is 9.24. The van der Waals surface area contributed by atoms with Crippen LogP contribution in [0.3, 0.4) is 0 Å². The van der Waals surface area contributed by atoms with Crippen LogP contribution in [0, 0.1) is 0 Å². The van der Waals surface area contributed by atoms with Crippen LogP contribution in [-0.2, 0) is 0 Å². The first kappa shape index (κ1) is 10.3. The van der Waals surface area contributed by atoms with Gasteiger partial charge >= 0.3 is 0 Å². The van der Waals surface area contributed by atoms with Crippen LogP contribution in [0.25, 0.3) is 16.9 Å². The average molecular weight is 242 g/mol. The summed E-state index contributed by atoms with van der Waals surface area (Å²) in [6.07, 6.45) is 7.51. The number of thioether (sulfide) groups is 1. The lowest BCUT2D eigenvalue weighted by Crippen LogP contribution is -1.97. The summed E-state index contributed by atoms with van der Waals surface area (Å²) in [4.78, 5) is 12.9. The molecule has 3 rings (SSSR count). The number of hydrogen-bond acceptors (Lipinski definition) is 4. The summed E-state index contributed by atoms with van der Waals surface area (Å²) in [6.45, 7) is 0. The summed E-state index contributed by atoms with van der Waals surface area (Å²) >= 11 is 1.53. The van der Waals surface area contributed by atoms with Gasteiger partial charge in [-0.1, -0.05) is 11.8 Å². The first-order chi connectivity index (χ1) is 8.38. The van der Waals surface area contributed by atoms with Gasteiger partial charge in [0.05, 0.1) is 11.0 Å². The minimum atomic E-state index is 0.772. The predicted molar refractivity (Wildman–Crippen MR) is 68.4 cm³/mol. The van der Waals surface area contributed by atoms with E-state index in [1.165, 1.54) is 11.8 Å². The van der Waals surface area contributed by atoms with Crippen molar-refractivity contribution in [3.8, 4) is 5.82 Å². The van der Waals surface area contributed by atoms with E-state index in [0.29, 0.717) is 0 Å². The Bertz CT molecular complexity index is 662. The highest BCUT2D eigenvalue weighted by Crippen LogP contribution is 2.18. The Morgan fingerprint density at radius 2 is 2.06 bits per heavy atom. The third kappa shape index (κ3) is 1.78. The summed E-state index contributed by atoms with van der Waals surface area (Å²) in [5.41, 5.74) is 2.02. The van der Waals surface area contributed by atoms with Crippen molar-refractivity contribution in [3.63, 3.8) is 0 Å². The van der Waals surface area contributed by atoms with E-state index in [4.69, 9.17) is 0 Å². The van der Waals surface area contributed by atoms with Crippen molar-refractivity contribution >= 4 is 22.8 Å². The van der Waals surface area contributed by atoms with Crippen molar-refractivity contribution in [2.45, 2.75) is 5.16 Å². The summed E-state index contributed by atoms with van der Waals surface area (Å²) < 4.78 is 2.02. The van der Waals surface area contributed by atoms with E-state index in [1.807, 2.05) is 41.3 Å². The minimum absolute atomic E-state index is 0.772. The lowest BCUT2D eigenvalue weighted by Gasteiger charge is -2.04. The molecule has 0 saturated heterocycles. The van der Waals surface area contributed by atoms with E-state index in [-0.39, 0.29) is 0 Å². The Morgan fingerprint density at radius 1 is 1.12 bits per heavy atom. The Kier molecular flexibility index (Phi) is 2.53. The molecule has 0 radical (unpaired) electrons. The summed E-state index contributed by atoms with van der Waals surface area (Å²) in [5, 5.41) is 0.772. The standard InChI is InChI=1S/C12H10N4S/c1-17-12-14-7-4-11(15-12)16-8-5-9-10(16)3-2-6-13-9/h2-8H,1H3. The van der Waals surface area contributed by atoms with E-state index in [9.17, 15) is 0 Å². The minimum Gasteiger partial charge on any atom is -0.299 e. The summed E-state index contributed by atoms with van der Waals surface area (Å²) in [6, 6.07) is 7.83. The predicted octanol–water partition coefficient (Wildman–Crippen LogP) is 2.54. The fourth-order valence-corrected chi connectivity index (χ4v) is 2.08. The third-order valence-corrected chi connectivity index (χ3v) is 3.07. The average Bonchev–Trinajstić information content (AvgIpc) is 2.82. The fraction of sp³-hybridized carbons (Fsp3) is 0.0833. The van der Waals surface area contributed by atoms with Gasteiger partial charge in [0.2, 0.25) is 0 Å². The van der Waals surface area contributed by atoms with Gasteiger partial charge in [-0.2, -0.15) is 0 Å². The van der Waals surface area contributed by atoms with Gasteiger partial charge in [-0.05, 0) is 30.5 Å². The van der Waals surface area contributed by atoms with E-state index >= 15 is 0 Å². The van der Waals surface area contributed by atoms with Gasteiger partial charge in [0, 0.05) is 18.6 Å².